The number of rotatable bonds is 4. The molecule has 0 fully saturated rings. The lowest BCUT2D eigenvalue weighted by Crippen LogP contribution is -2.22. The second-order valence-electron chi connectivity index (χ2n) is 4.64. The second kappa shape index (κ2) is 5.93. The minimum Gasteiger partial charge on any atom is -0.312 e. The molecule has 1 N–H and O–H groups in total. The fraction of sp³-hybridized carbons (Fsp3) is 0.250. The van der Waals surface area contributed by atoms with Gasteiger partial charge in [-0.25, -0.2) is 8.78 Å². The van der Waals surface area contributed by atoms with E-state index in [4.69, 9.17) is 0 Å². The molecule has 0 saturated heterocycles. The van der Waals surface area contributed by atoms with Gasteiger partial charge in [0.05, 0.1) is 0 Å². The first kappa shape index (κ1) is 13.7. The third-order valence-corrected chi connectivity index (χ3v) is 3.44. The van der Waals surface area contributed by atoms with Crippen molar-refractivity contribution >= 4 is 0 Å². The standard InChI is InChI=1S/C16H17F2N/c1-11(12-6-4-3-5-7-12)16(19-2)13-8-9-14(17)15(18)10-13/h3-11,16,19H,1-2H3. The van der Waals surface area contributed by atoms with Gasteiger partial charge in [0.2, 0.25) is 0 Å². The van der Waals surface area contributed by atoms with Gasteiger partial charge >= 0.3 is 0 Å². The normalized spacial score (nSPS) is 14.1. The van der Waals surface area contributed by atoms with Crippen LogP contribution in [0.2, 0.25) is 0 Å². The van der Waals surface area contributed by atoms with E-state index in [9.17, 15) is 8.78 Å². The van der Waals surface area contributed by atoms with Gasteiger partial charge < -0.3 is 5.32 Å². The molecule has 2 aromatic rings. The molecule has 0 saturated carbocycles. The van der Waals surface area contributed by atoms with Crippen LogP contribution in [0.3, 0.4) is 0 Å². The maximum absolute atomic E-state index is 13.3. The van der Waals surface area contributed by atoms with Gasteiger partial charge in [-0.1, -0.05) is 43.3 Å². The van der Waals surface area contributed by atoms with Crippen molar-refractivity contribution in [2.75, 3.05) is 7.05 Å². The van der Waals surface area contributed by atoms with Gasteiger partial charge in [0, 0.05) is 12.0 Å². The third-order valence-electron chi connectivity index (χ3n) is 3.44. The van der Waals surface area contributed by atoms with Crippen LogP contribution in [0, 0.1) is 11.6 Å². The number of hydrogen-bond donors (Lipinski definition) is 1. The van der Waals surface area contributed by atoms with Crippen LogP contribution in [-0.2, 0) is 0 Å². The lowest BCUT2D eigenvalue weighted by molar-refractivity contribution is 0.484. The molecule has 0 radical (unpaired) electrons. The maximum atomic E-state index is 13.3. The highest BCUT2D eigenvalue weighted by molar-refractivity contribution is 5.28. The molecule has 2 rings (SSSR count). The van der Waals surface area contributed by atoms with Crippen molar-refractivity contribution in [1.29, 1.82) is 0 Å². The summed E-state index contributed by atoms with van der Waals surface area (Å²) < 4.78 is 26.3. The van der Waals surface area contributed by atoms with E-state index in [1.54, 1.807) is 6.07 Å². The molecule has 0 amide bonds. The Bertz CT molecular complexity index is 540. The Labute approximate surface area is 112 Å². The first-order valence-electron chi connectivity index (χ1n) is 6.30. The largest absolute Gasteiger partial charge is 0.312 e. The monoisotopic (exact) mass is 261 g/mol. The van der Waals surface area contributed by atoms with Gasteiger partial charge in [0.25, 0.3) is 0 Å². The molecule has 0 spiro atoms. The van der Waals surface area contributed by atoms with E-state index in [-0.39, 0.29) is 12.0 Å². The lowest BCUT2D eigenvalue weighted by Gasteiger charge is -2.24. The quantitative estimate of drug-likeness (QED) is 0.876. The highest BCUT2D eigenvalue weighted by Gasteiger charge is 2.20. The summed E-state index contributed by atoms with van der Waals surface area (Å²) in [5.41, 5.74) is 1.91. The fourth-order valence-corrected chi connectivity index (χ4v) is 2.36. The third kappa shape index (κ3) is 2.99. The molecule has 2 atom stereocenters. The zero-order chi connectivity index (χ0) is 13.8. The Hall–Kier alpha value is -1.74. The van der Waals surface area contributed by atoms with E-state index in [1.807, 2.05) is 37.4 Å². The van der Waals surface area contributed by atoms with Gasteiger partial charge in [-0.15, -0.1) is 0 Å². The average Bonchev–Trinajstić information content (AvgIpc) is 2.44. The molecule has 2 aromatic carbocycles. The number of nitrogens with one attached hydrogen (secondary N) is 1. The summed E-state index contributed by atoms with van der Waals surface area (Å²) in [6.45, 7) is 2.07. The summed E-state index contributed by atoms with van der Waals surface area (Å²) in [7, 11) is 1.82. The van der Waals surface area contributed by atoms with E-state index in [1.165, 1.54) is 12.1 Å². The van der Waals surface area contributed by atoms with Crippen molar-refractivity contribution in [2.45, 2.75) is 18.9 Å². The van der Waals surface area contributed by atoms with E-state index in [2.05, 4.69) is 12.2 Å². The van der Waals surface area contributed by atoms with Crippen molar-refractivity contribution in [3.05, 3.63) is 71.3 Å². The second-order valence-corrected chi connectivity index (χ2v) is 4.64. The van der Waals surface area contributed by atoms with Gasteiger partial charge in [-0.2, -0.15) is 0 Å². The number of hydrogen-bond acceptors (Lipinski definition) is 1. The van der Waals surface area contributed by atoms with Crippen molar-refractivity contribution in [2.24, 2.45) is 0 Å². The highest BCUT2D eigenvalue weighted by atomic mass is 19.2. The number of benzene rings is 2. The molecule has 0 aliphatic heterocycles. The first-order valence-corrected chi connectivity index (χ1v) is 6.30. The summed E-state index contributed by atoms with van der Waals surface area (Å²) in [5.74, 6) is -1.46. The summed E-state index contributed by atoms with van der Waals surface area (Å²) >= 11 is 0. The van der Waals surface area contributed by atoms with E-state index in [0.29, 0.717) is 0 Å². The number of halogens is 2. The van der Waals surface area contributed by atoms with Crippen LogP contribution in [-0.4, -0.2) is 7.05 Å². The molecule has 0 aliphatic rings. The molecular weight excluding hydrogens is 244 g/mol. The smallest absolute Gasteiger partial charge is 0.159 e. The summed E-state index contributed by atoms with van der Waals surface area (Å²) in [5, 5.41) is 3.17. The van der Waals surface area contributed by atoms with Crippen LogP contribution in [0.15, 0.2) is 48.5 Å². The zero-order valence-corrected chi connectivity index (χ0v) is 11.0. The first-order chi connectivity index (χ1) is 9.13. The minimum atomic E-state index is -0.814. The molecule has 100 valence electrons. The van der Waals surface area contributed by atoms with Gasteiger partial charge in [-0.05, 0) is 30.3 Å². The molecule has 19 heavy (non-hydrogen) atoms. The van der Waals surface area contributed by atoms with Gasteiger partial charge in [0.1, 0.15) is 0 Å². The topological polar surface area (TPSA) is 12.0 Å². The van der Waals surface area contributed by atoms with Crippen LogP contribution in [0.25, 0.3) is 0 Å². The van der Waals surface area contributed by atoms with Crippen LogP contribution in [0.1, 0.15) is 30.0 Å². The van der Waals surface area contributed by atoms with Crippen LogP contribution >= 0.6 is 0 Å². The summed E-state index contributed by atoms with van der Waals surface area (Å²) in [6.07, 6.45) is 0. The SMILES string of the molecule is CNC(c1ccc(F)c(F)c1)C(C)c1ccccc1. The van der Waals surface area contributed by atoms with Crippen molar-refractivity contribution < 1.29 is 8.78 Å². The molecule has 0 bridgehead atoms. The Morgan fingerprint density at radius 3 is 2.16 bits per heavy atom. The number of likely N-dealkylation sites (N-methyl/N-ethyl adjacent to an activating group) is 1. The van der Waals surface area contributed by atoms with E-state index in [0.717, 1.165) is 11.1 Å². The molecule has 1 nitrogen and oxygen atoms in total. The molecule has 2 unspecified atom stereocenters. The Morgan fingerprint density at radius 2 is 1.58 bits per heavy atom. The maximum Gasteiger partial charge on any atom is 0.159 e. The predicted octanol–water partition coefficient (Wildman–Crippen LogP) is 4.03. The van der Waals surface area contributed by atoms with E-state index < -0.39 is 11.6 Å². The summed E-state index contributed by atoms with van der Waals surface area (Å²) in [6, 6.07) is 14.0. The lowest BCUT2D eigenvalue weighted by atomic mass is 9.88. The zero-order valence-electron chi connectivity index (χ0n) is 11.0. The van der Waals surface area contributed by atoms with Crippen molar-refractivity contribution in [3.8, 4) is 0 Å². The van der Waals surface area contributed by atoms with Crippen LogP contribution < -0.4 is 5.32 Å². The minimum absolute atomic E-state index is 0.0579. The molecule has 0 aliphatic carbocycles. The Balaban J connectivity index is 2.31. The van der Waals surface area contributed by atoms with Gasteiger partial charge in [0.15, 0.2) is 11.6 Å². The highest BCUT2D eigenvalue weighted by Crippen LogP contribution is 2.30. The van der Waals surface area contributed by atoms with Crippen molar-refractivity contribution in [3.63, 3.8) is 0 Å². The fourth-order valence-electron chi connectivity index (χ4n) is 2.36. The molecule has 0 heterocycles. The molecule has 3 heteroatoms. The summed E-state index contributed by atoms with van der Waals surface area (Å²) in [4.78, 5) is 0. The Kier molecular flexibility index (Phi) is 4.27. The van der Waals surface area contributed by atoms with Crippen LogP contribution in [0.5, 0.6) is 0 Å². The molecule has 0 aromatic heterocycles. The average molecular weight is 261 g/mol. The Morgan fingerprint density at radius 1 is 0.895 bits per heavy atom. The van der Waals surface area contributed by atoms with Crippen LogP contribution in [0.4, 0.5) is 8.78 Å². The molecular formula is C16H17F2N. The predicted molar refractivity (Wildman–Crippen MR) is 73.0 cm³/mol. The van der Waals surface area contributed by atoms with Crippen molar-refractivity contribution in [1.82, 2.24) is 5.32 Å². The van der Waals surface area contributed by atoms with E-state index >= 15 is 0 Å². The van der Waals surface area contributed by atoms with Gasteiger partial charge in [-0.3, -0.25) is 0 Å².